The molecule has 1 aliphatic rings. The van der Waals surface area contributed by atoms with Gasteiger partial charge in [0, 0.05) is 31.5 Å². The van der Waals surface area contributed by atoms with Crippen molar-refractivity contribution in [3.05, 3.63) is 35.8 Å². The Kier molecular flexibility index (Phi) is 3.90. The van der Waals surface area contributed by atoms with Crippen LogP contribution >= 0.6 is 0 Å². The van der Waals surface area contributed by atoms with Gasteiger partial charge in [-0.3, -0.25) is 5.10 Å². The van der Waals surface area contributed by atoms with Crippen LogP contribution < -0.4 is 4.90 Å². The number of hydrogen-bond donors (Lipinski definition) is 1. The van der Waals surface area contributed by atoms with E-state index in [1.807, 2.05) is 19.1 Å². The summed E-state index contributed by atoms with van der Waals surface area (Å²) in [5, 5.41) is 6.83. The number of sulfone groups is 1. The summed E-state index contributed by atoms with van der Waals surface area (Å²) in [5.41, 5.74) is 1.86. The zero-order chi connectivity index (χ0) is 15.7. The third-order valence-electron chi connectivity index (χ3n) is 4.14. The van der Waals surface area contributed by atoms with Gasteiger partial charge in [0.2, 0.25) is 0 Å². The minimum atomic E-state index is -3.26. The van der Waals surface area contributed by atoms with E-state index in [9.17, 15) is 8.42 Å². The molecule has 0 bridgehead atoms. The molecule has 1 atom stereocenters. The highest BCUT2D eigenvalue weighted by Gasteiger charge is 2.28. The largest absolute Gasteiger partial charge is 0.356 e. The Labute approximate surface area is 130 Å². The minimum absolute atomic E-state index is 0.127. The number of anilines is 1. The Balaban J connectivity index is 1.89. The van der Waals surface area contributed by atoms with Crippen LogP contribution in [0.1, 0.15) is 30.0 Å². The van der Waals surface area contributed by atoms with Gasteiger partial charge in [-0.25, -0.2) is 13.4 Å². The second kappa shape index (κ2) is 5.72. The van der Waals surface area contributed by atoms with Crippen molar-refractivity contribution in [1.82, 2.24) is 15.2 Å². The van der Waals surface area contributed by atoms with E-state index in [4.69, 9.17) is 0 Å². The first-order valence-corrected chi connectivity index (χ1v) is 9.26. The van der Waals surface area contributed by atoms with Crippen LogP contribution in [0.25, 0.3) is 0 Å². The monoisotopic (exact) mass is 320 g/mol. The number of H-pyrrole nitrogens is 1. The summed E-state index contributed by atoms with van der Waals surface area (Å²) in [6.07, 6.45) is 6.39. The lowest BCUT2D eigenvalue weighted by atomic mass is 9.94. The van der Waals surface area contributed by atoms with Crippen molar-refractivity contribution in [1.29, 1.82) is 0 Å². The molecule has 118 valence electrons. The summed E-state index contributed by atoms with van der Waals surface area (Å²) in [4.78, 5) is 7.02. The number of aromatic nitrogens is 3. The molecular formula is C15H20N4O2S. The van der Waals surface area contributed by atoms with E-state index in [0.717, 1.165) is 43.0 Å². The van der Waals surface area contributed by atoms with Gasteiger partial charge in [0.1, 0.15) is 10.7 Å². The summed E-state index contributed by atoms with van der Waals surface area (Å²) in [6.45, 7) is 3.74. The average Bonchev–Trinajstić information content (AvgIpc) is 2.97. The average molecular weight is 320 g/mol. The van der Waals surface area contributed by atoms with Crippen molar-refractivity contribution in [2.75, 3.05) is 24.2 Å². The number of piperidine rings is 1. The topological polar surface area (TPSA) is 79.0 Å². The van der Waals surface area contributed by atoms with E-state index in [0.29, 0.717) is 4.90 Å². The van der Waals surface area contributed by atoms with Gasteiger partial charge in [0.05, 0.1) is 11.9 Å². The molecule has 3 heterocycles. The molecule has 3 rings (SSSR count). The molecule has 1 aliphatic heterocycles. The summed E-state index contributed by atoms with van der Waals surface area (Å²) in [6, 6.07) is 3.97. The standard InChI is InChI=1S/C15H20N4O2S/c1-11-5-3-7-16-15(11)19-8-4-6-12(10-19)14-13(9-17-18-14)22(2,20)21/h3,5,7,9,12H,4,6,8,10H2,1-2H3,(H,17,18)/t12-/m0/s1. The molecule has 22 heavy (non-hydrogen) atoms. The predicted molar refractivity (Wildman–Crippen MR) is 84.9 cm³/mol. The first-order chi connectivity index (χ1) is 10.5. The molecule has 0 spiro atoms. The van der Waals surface area contributed by atoms with Crippen LogP contribution in [0.5, 0.6) is 0 Å². The third kappa shape index (κ3) is 2.85. The van der Waals surface area contributed by atoms with Gasteiger partial charge >= 0.3 is 0 Å². The zero-order valence-corrected chi connectivity index (χ0v) is 13.6. The van der Waals surface area contributed by atoms with Gasteiger partial charge in [0.25, 0.3) is 0 Å². The molecule has 0 saturated carbocycles. The van der Waals surface area contributed by atoms with Crippen LogP contribution in [-0.4, -0.2) is 42.9 Å². The molecule has 1 fully saturated rings. The number of nitrogens with one attached hydrogen (secondary N) is 1. The molecule has 1 N–H and O–H groups in total. The van der Waals surface area contributed by atoms with E-state index in [2.05, 4.69) is 20.1 Å². The second-order valence-corrected chi connectivity index (χ2v) is 7.83. The van der Waals surface area contributed by atoms with Gasteiger partial charge in [-0.2, -0.15) is 5.10 Å². The van der Waals surface area contributed by atoms with Crippen molar-refractivity contribution in [3.8, 4) is 0 Å². The SMILES string of the molecule is Cc1cccnc1N1CCC[C@H](c2[nH]ncc2S(C)(=O)=O)C1. The highest BCUT2D eigenvalue weighted by molar-refractivity contribution is 7.90. The zero-order valence-electron chi connectivity index (χ0n) is 12.8. The predicted octanol–water partition coefficient (Wildman–Crippen LogP) is 1.90. The second-order valence-electron chi connectivity index (χ2n) is 5.85. The molecule has 2 aromatic rings. The van der Waals surface area contributed by atoms with Crippen LogP contribution in [0.2, 0.25) is 0 Å². The van der Waals surface area contributed by atoms with Gasteiger partial charge in [0.15, 0.2) is 9.84 Å². The molecule has 2 aromatic heterocycles. The molecule has 7 heteroatoms. The van der Waals surface area contributed by atoms with Gasteiger partial charge in [-0.15, -0.1) is 0 Å². The summed E-state index contributed by atoms with van der Waals surface area (Å²) in [5.74, 6) is 1.11. The molecular weight excluding hydrogens is 300 g/mol. The van der Waals surface area contributed by atoms with E-state index >= 15 is 0 Å². The lowest BCUT2D eigenvalue weighted by Gasteiger charge is -2.34. The molecule has 1 saturated heterocycles. The number of hydrogen-bond acceptors (Lipinski definition) is 5. The first-order valence-electron chi connectivity index (χ1n) is 7.36. The number of nitrogens with zero attached hydrogens (tertiary/aromatic N) is 3. The Bertz CT molecular complexity index is 769. The van der Waals surface area contributed by atoms with Crippen molar-refractivity contribution >= 4 is 15.7 Å². The van der Waals surface area contributed by atoms with Crippen molar-refractivity contribution in [2.45, 2.75) is 30.6 Å². The van der Waals surface area contributed by atoms with Gasteiger partial charge in [-0.05, 0) is 31.4 Å². The molecule has 0 unspecified atom stereocenters. The lowest BCUT2D eigenvalue weighted by Crippen LogP contribution is -2.35. The van der Waals surface area contributed by atoms with Crippen molar-refractivity contribution < 1.29 is 8.42 Å². The molecule has 0 aliphatic carbocycles. The Morgan fingerprint density at radius 1 is 1.41 bits per heavy atom. The van der Waals surface area contributed by atoms with E-state index in [-0.39, 0.29) is 5.92 Å². The van der Waals surface area contributed by atoms with E-state index in [1.165, 1.54) is 12.5 Å². The maximum atomic E-state index is 11.9. The molecule has 0 aromatic carbocycles. The van der Waals surface area contributed by atoms with Crippen molar-refractivity contribution in [3.63, 3.8) is 0 Å². The lowest BCUT2D eigenvalue weighted by molar-refractivity contribution is 0.491. The molecule has 0 radical (unpaired) electrons. The van der Waals surface area contributed by atoms with Crippen LogP contribution in [0.3, 0.4) is 0 Å². The fourth-order valence-electron chi connectivity index (χ4n) is 3.09. The maximum Gasteiger partial charge on any atom is 0.178 e. The Hall–Kier alpha value is -1.89. The number of aryl methyl sites for hydroxylation is 1. The number of aromatic amines is 1. The third-order valence-corrected chi connectivity index (χ3v) is 5.27. The highest BCUT2D eigenvalue weighted by Crippen LogP contribution is 2.32. The van der Waals surface area contributed by atoms with Gasteiger partial charge in [-0.1, -0.05) is 6.07 Å². The van der Waals surface area contributed by atoms with Gasteiger partial charge < -0.3 is 4.90 Å². The highest BCUT2D eigenvalue weighted by atomic mass is 32.2. The Morgan fingerprint density at radius 3 is 2.95 bits per heavy atom. The normalized spacial score (nSPS) is 19.4. The van der Waals surface area contributed by atoms with Crippen LogP contribution in [0, 0.1) is 6.92 Å². The van der Waals surface area contributed by atoms with E-state index < -0.39 is 9.84 Å². The fourth-order valence-corrected chi connectivity index (χ4v) is 3.94. The van der Waals surface area contributed by atoms with E-state index in [1.54, 1.807) is 6.20 Å². The van der Waals surface area contributed by atoms with Crippen molar-refractivity contribution in [2.24, 2.45) is 0 Å². The summed E-state index contributed by atoms with van der Waals surface area (Å²) in [7, 11) is -3.26. The molecule has 6 nitrogen and oxygen atoms in total. The minimum Gasteiger partial charge on any atom is -0.356 e. The van der Waals surface area contributed by atoms with Crippen LogP contribution in [0.4, 0.5) is 5.82 Å². The number of pyridine rings is 1. The number of rotatable bonds is 3. The smallest absolute Gasteiger partial charge is 0.178 e. The van der Waals surface area contributed by atoms with Crippen LogP contribution in [-0.2, 0) is 9.84 Å². The molecule has 0 amide bonds. The fraction of sp³-hybridized carbons (Fsp3) is 0.467. The maximum absolute atomic E-state index is 11.9. The van der Waals surface area contributed by atoms with Crippen LogP contribution in [0.15, 0.2) is 29.4 Å². The quantitative estimate of drug-likeness (QED) is 0.934. The Morgan fingerprint density at radius 2 is 2.23 bits per heavy atom. The summed E-state index contributed by atoms with van der Waals surface area (Å²) >= 11 is 0. The summed E-state index contributed by atoms with van der Waals surface area (Å²) < 4.78 is 23.8. The first kappa shape index (κ1) is 15.0.